The number of thiophene rings is 1. The summed E-state index contributed by atoms with van der Waals surface area (Å²) in [5, 5.41) is 13.2. The molecule has 144 valence electrons. The molecule has 3 rings (SSSR count). The van der Waals surface area contributed by atoms with Crippen LogP contribution in [0.2, 0.25) is 0 Å². The largest absolute Gasteiger partial charge is 0.357 e. The van der Waals surface area contributed by atoms with Crippen LogP contribution in [0.3, 0.4) is 0 Å². The van der Waals surface area contributed by atoms with Crippen LogP contribution in [-0.2, 0) is 19.5 Å². The third kappa shape index (κ3) is 6.55. The molecule has 0 fully saturated rings. The van der Waals surface area contributed by atoms with Gasteiger partial charge < -0.3 is 10.6 Å². The number of rotatable bonds is 8. The Morgan fingerprint density at radius 3 is 3.08 bits per heavy atom. The van der Waals surface area contributed by atoms with Gasteiger partial charge in [-0.15, -0.1) is 35.3 Å². The fourth-order valence-electron chi connectivity index (χ4n) is 3.03. The molecule has 0 unspecified atom stereocenters. The zero-order valence-corrected chi connectivity index (χ0v) is 18.5. The Morgan fingerprint density at radius 2 is 2.27 bits per heavy atom. The first-order valence-electron chi connectivity index (χ1n) is 9.12. The molecule has 2 aromatic heterocycles. The third-order valence-electron chi connectivity index (χ3n) is 4.33. The van der Waals surface area contributed by atoms with Crippen molar-refractivity contribution in [3.05, 3.63) is 40.3 Å². The van der Waals surface area contributed by atoms with E-state index in [9.17, 15) is 0 Å². The minimum absolute atomic E-state index is 0. The van der Waals surface area contributed by atoms with E-state index in [4.69, 9.17) is 0 Å². The topological polar surface area (TPSA) is 57.5 Å². The lowest BCUT2D eigenvalue weighted by Gasteiger charge is -2.27. The number of fused-ring (bicyclic) bond motifs is 1. The molecule has 0 saturated carbocycles. The molecular formula is C18H29IN6S. The van der Waals surface area contributed by atoms with Crippen LogP contribution >= 0.6 is 35.3 Å². The van der Waals surface area contributed by atoms with Gasteiger partial charge in [-0.2, -0.15) is 5.10 Å². The smallest absolute Gasteiger partial charge is 0.191 e. The number of aliphatic imine (C=N–C) groups is 1. The first kappa shape index (κ1) is 21.2. The molecule has 0 radical (unpaired) electrons. The van der Waals surface area contributed by atoms with E-state index in [2.05, 4.69) is 44.0 Å². The summed E-state index contributed by atoms with van der Waals surface area (Å²) >= 11 is 1.90. The molecule has 0 aliphatic carbocycles. The average Bonchev–Trinajstić information content (AvgIpc) is 3.29. The number of halogens is 1. The third-order valence-corrected chi connectivity index (χ3v) is 5.35. The van der Waals surface area contributed by atoms with Crippen molar-refractivity contribution < 1.29 is 0 Å². The van der Waals surface area contributed by atoms with E-state index >= 15 is 0 Å². The van der Waals surface area contributed by atoms with Gasteiger partial charge in [0.25, 0.3) is 0 Å². The van der Waals surface area contributed by atoms with E-state index in [-0.39, 0.29) is 24.0 Å². The Labute approximate surface area is 177 Å². The Kier molecular flexibility index (Phi) is 9.41. The Morgan fingerprint density at radius 1 is 1.35 bits per heavy atom. The highest BCUT2D eigenvalue weighted by atomic mass is 127. The minimum Gasteiger partial charge on any atom is -0.357 e. The summed E-state index contributed by atoms with van der Waals surface area (Å²) in [7, 11) is 0. The van der Waals surface area contributed by atoms with Crippen molar-refractivity contribution in [1.82, 2.24) is 25.3 Å². The van der Waals surface area contributed by atoms with Crippen molar-refractivity contribution in [3.63, 3.8) is 0 Å². The van der Waals surface area contributed by atoms with Crippen molar-refractivity contribution in [1.29, 1.82) is 0 Å². The zero-order chi connectivity index (χ0) is 17.3. The molecule has 0 bridgehead atoms. The normalized spacial score (nSPS) is 14.6. The van der Waals surface area contributed by atoms with E-state index in [0.29, 0.717) is 0 Å². The van der Waals surface area contributed by atoms with Crippen molar-refractivity contribution >= 4 is 41.3 Å². The molecule has 0 spiro atoms. The molecule has 2 aromatic rings. The molecular weight excluding hydrogens is 459 g/mol. The summed E-state index contributed by atoms with van der Waals surface area (Å²) < 4.78 is 1.95. The molecule has 0 amide bonds. The van der Waals surface area contributed by atoms with Gasteiger partial charge in [0.1, 0.15) is 0 Å². The van der Waals surface area contributed by atoms with E-state index in [1.807, 2.05) is 34.5 Å². The molecule has 0 aromatic carbocycles. The van der Waals surface area contributed by atoms with Crippen LogP contribution in [0.5, 0.6) is 0 Å². The second kappa shape index (κ2) is 11.6. The molecule has 3 heterocycles. The monoisotopic (exact) mass is 488 g/mol. The number of aryl methyl sites for hydroxylation is 1. The van der Waals surface area contributed by atoms with Crippen LogP contribution in [0, 0.1) is 0 Å². The average molecular weight is 488 g/mol. The quantitative estimate of drug-likeness (QED) is 0.260. The lowest BCUT2D eigenvalue weighted by Crippen LogP contribution is -2.42. The van der Waals surface area contributed by atoms with E-state index in [1.165, 1.54) is 12.0 Å². The summed E-state index contributed by atoms with van der Waals surface area (Å²) in [4.78, 5) is 8.74. The summed E-state index contributed by atoms with van der Waals surface area (Å²) in [6.45, 7) is 8.91. The van der Waals surface area contributed by atoms with Gasteiger partial charge in [0.15, 0.2) is 5.96 Å². The van der Waals surface area contributed by atoms with Gasteiger partial charge in [-0.25, -0.2) is 0 Å². The van der Waals surface area contributed by atoms with Crippen molar-refractivity contribution in [2.24, 2.45) is 4.99 Å². The van der Waals surface area contributed by atoms with Gasteiger partial charge in [-0.3, -0.25) is 14.6 Å². The SMILES string of the molecule is CCNC(=NCCCn1cccn1)NCCN1CCc2sccc2C1.I. The zero-order valence-electron chi connectivity index (χ0n) is 15.4. The molecule has 26 heavy (non-hydrogen) atoms. The predicted molar refractivity (Wildman–Crippen MR) is 120 cm³/mol. The number of hydrogen-bond acceptors (Lipinski definition) is 4. The van der Waals surface area contributed by atoms with E-state index < -0.39 is 0 Å². The minimum atomic E-state index is 0. The number of hydrogen-bond donors (Lipinski definition) is 2. The molecule has 8 heteroatoms. The lowest BCUT2D eigenvalue weighted by atomic mass is 10.1. The van der Waals surface area contributed by atoms with Crippen LogP contribution in [0.4, 0.5) is 0 Å². The molecule has 0 atom stereocenters. The Balaban J connectivity index is 0.00000243. The number of aromatic nitrogens is 2. The molecule has 0 saturated heterocycles. The number of guanidine groups is 1. The fourth-order valence-corrected chi connectivity index (χ4v) is 3.92. The van der Waals surface area contributed by atoms with Crippen LogP contribution in [0.25, 0.3) is 0 Å². The lowest BCUT2D eigenvalue weighted by molar-refractivity contribution is 0.260. The van der Waals surface area contributed by atoms with Crippen molar-refractivity contribution in [2.45, 2.75) is 32.9 Å². The molecule has 1 aliphatic heterocycles. The number of nitrogens with zero attached hydrogens (tertiary/aromatic N) is 4. The molecule has 1 aliphatic rings. The van der Waals surface area contributed by atoms with Gasteiger partial charge in [0.05, 0.1) is 0 Å². The highest BCUT2D eigenvalue weighted by molar-refractivity contribution is 14.0. The summed E-state index contributed by atoms with van der Waals surface area (Å²) in [5.74, 6) is 0.913. The summed E-state index contributed by atoms with van der Waals surface area (Å²) in [6, 6.07) is 4.22. The van der Waals surface area contributed by atoms with Gasteiger partial charge in [-0.05, 0) is 42.8 Å². The van der Waals surface area contributed by atoms with Gasteiger partial charge >= 0.3 is 0 Å². The second-order valence-electron chi connectivity index (χ2n) is 6.21. The predicted octanol–water partition coefficient (Wildman–Crippen LogP) is 2.57. The summed E-state index contributed by atoms with van der Waals surface area (Å²) in [5.41, 5.74) is 1.51. The molecule has 2 N–H and O–H groups in total. The van der Waals surface area contributed by atoms with Crippen LogP contribution in [-0.4, -0.2) is 53.4 Å². The second-order valence-corrected chi connectivity index (χ2v) is 7.21. The number of nitrogens with one attached hydrogen (secondary N) is 2. The van der Waals surface area contributed by atoms with Crippen LogP contribution < -0.4 is 10.6 Å². The fraction of sp³-hybridized carbons (Fsp3) is 0.556. The van der Waals surface area contributed by atoms with Gasteiger partial charge in [0, 0.05) is 63.1 Å². The Bertz CT molecular complexity index is 654. The van der Waals surface area contributed by atoms with Crippen LogP contribution in [0.15, 0.2) is 34.9 Å². The van der Waals surface area contributed by atoms with E-state index in [1.54, 1.807) is 4.88 Å². The maximum absolute atomic E-state index is 4.66. The highest BCUT2D eigenvalue weighted by Crippen LogP contribution is 2.23. The molecule has 6 nitrogen and oxygen atoms in total. The van der Waals surface area contributed by atoms with Crippen molar-refractivity contribution in [2.75, 3.05) is 32.7 Å². The standard InChI is InChI=1S/C18H28N6S.HI/c1-2-19-18(20-7-3-10-24-11-4-8-22-24)21-9-13-23-12-5-17-16(15-23)6-14-25-17;/h4,6,8,11,14H,2-3,5,7,9-10,12-13,15H2,1H3,(H2,19,20,21);1H. The first-order valence-corrected chi connectivity index (χ1v) is 10.0. The van der Waals surface area contributed by atoms with Gasteiger partial charge in [-0.1, -0.05) is 0 Å². The van der Waals surface area contributed by atoms with Crippen molar-refractivity contribution in [3.8, 4) is 0 Å². The maximum atomic E-state index is 4.66. The van der Waals surface area contributed by atoms with Crippen LogP contribution in [0.1, 0.15) is 23.8 Å². The maximum Gasteiger partial charge on any atom is 0.191 e. The highest BCUT2D eigenvalue weighted by Gasteiger charge is 2.16. The summed E-state index contributed by atoms with van der Waals surface area (Å²) in [6.07, 6.45) is 5.99. The Hall–Kier alpha value is -1.13. The first-order chi connectivity index (χ1) is 12.3. The van der Waals surface area contributed by atoms with Gasteiger partial charge in [0.2, 0.25) is 0 Å². The van der Waals surface area contributed by atoms with E-state index in [0.717, 1.165) is 58.2 Å².